The average molecular weight is 219 g/mol. The molecule has 2 N–H and O–H groups in total. The highest BCUT2D eigenvalue weighted by molar-refractivity contribution is 5.90. The van der Waals surface area contributed by atoms with Crippen LogP contribution in [0.15, 0.2) is 10.5 Å². The maximum absolute atomic E-state index is 12.2. The van der Waals surface area contributed by atoms with Gasteiger partial charge in [-0.3, -0.25) is 0 Å². The molecule has 15 heavy (non-hydrogen) atoms. The molecule has 0 saturated heterocycles. The number of halogens is 2. The molecule has 4 nitrogen and oxygen atoms in total. The smallest absolute Gasteiger partial charge is 0.341 e. The Morgan fingerprint density at radius 3 is 2.67 bits per heavy atom. The molecule has 0 radical (unpaired) electrons. The maximum atomic E-state index is 12.2. The van der Waals surface area contributed by atoms with E-state index in [1.807, 2.05) is 0 Å². The lowest BCUT2D eigenvalue weighted by Crippen LogP contribution is -2.18. The van der Waals surface area contributed by atoms with E-state index in [0.717, 1.165) is 0 Å². The third-order valence-corrected chi connectivity index (χ3v) is 1.94. The Hall–Kier alpha value is -1.43. The van der Waals surface area contributed by atoms with Gasteiger partial charge in [-0.25, -0.2) is 13.6 Å². The number of nitrogens with two attached hydrogens (primary N) is 1. The van der Waals surface area contributed by atoms with E-state index < -0.39 is 18.4 Å². The molecule has 0 spiro atoms. The van der Waals surface area contributed by atoms with Crippen LogP contribution in [-0.4, -0.2) is 19.5 Å². The van der Waals surface area contributed by atoms with E-state index in [0.29, 0.717) is 0 Å². The molecule has 6 heteroatoms. The summed E-state index contributed by atoms with van der Waals surface area (Å²) in [6.07, 6.45) is -2.74. The van der Waals surface area contributed by atoms with Crippen LogP contribution in [0.4, 0.5) is 8.78 Å². The third-order valence-electron chi connectivity index (χ3n) is 1.94. The molecule has 84 valence electrons. The molecule has 1 heterocycles. The minimum absolute atomic E-state index is 0.114. The second-order valence-corrected chi connectivity index (χ2v) is 2.97. The number of hydrogen-bond acceptors (Lipinski definition) is 4. The molecule has 1 atom stereocenters. The van der Waals surface area contributed by atoms with Gasteiger partial charge in [-0.1, -0.05) is 0 Å². The first-order valence-corrected chi connectivity index (χ1v) is 4.19. The fraction of sp³-hybridized carbons (Fsp3) is 0.444. The molecule has 0 bridgehead atoms. The lowest BCUT2D eigenvalue weighted by Gasteiger charge is -2.05. The summed E-state index contributed by atoms with van der Waals surface area (Å²) in [5.74, 6) is -0.542. The summed E-state index contributed by atoms with van der Waals surface area (Å²) in [4.78, 5) is 11.1. The Labute approximate surface area is 85.0 Å². The van der Waals surface area contributed by atoms with Crippen LogP contribution in [0.25, 0.3) is 0 Å². The molecule has 0 aliphatic carbocycles. The number of esters is 1. The molecule has 1 aromatic heterocycles. The minimum Gasteiger partial charge on any atom is -0.465 e. The number of carbonyl (C=O) groups is 1. The standard InChI is InChI=1S/C9H11F2NO3/c1-4-5(9(13)14-2)3-6(15-4)7(12)8(10)11/h3,7-8H,12H2,1-2H3. The van der Waals surface area contributed by atoms with Crippen molar-refractivity contribution in [1.82, 2.24) is 0 Å². The first kappa shape index (κ1) is 11.6. The quantitative estimate of drug-likeness (QED) is 0.785. The topological polar surface area (TPSA) is 65.5 Å². The van der Waals surface area contributed by atoms with Gasteiger partial charge in [0.1, 0.15) is 23.1 Å². The van der Waals surface area contributed by atoms with Crippen molar-refractivity contribution < 1.29 is 22.7 Å². The van der Waals surface area contributed by atoms with Crippen LogP contribution in [0, 0.1) is 6.92 Å². The Morgan fingerprint density at radius 1 is 1.60 bits per heavy atom. The number of rotatable bonds is 3. The van der Waals surface area contributed by atoms with Gasteiger partial charge in [0, 0.05) is 0 Å². The van der Waals surface area contributed by atoms with Gasteiger partial charge >= 0.3 is 5.97 Å². The van der Waals surface area contributed by atoms with Crippen molar-refractivity contribution in [3.63, 3.8) is 0 Å². The van der Waals surface area contributed by atoms with Crippen LogP contribution in [0.5, 0.6) is 0 Å². The molecule has 0 saturated carbocycles. The average Bonchev–Trinajstić information content (AvgIpc) is 2.57. The zero-order chi connectivity index (χ0) is 11.6. The number of aryl methyl sites for hydroxylation is 1. The minimum atomic E-state index is -2.74. The fourth-order valence-electron chi connectivity index (χ4n) is 1.11. The molecule has 0 aliphatic heterocycles. The van der Waals surface area contributed by atoms with Crippen molar-refractivity contribution >= 4 is 5.97 Å². The normalized spacial score (nSPS) is 12.9. The second-order valence-electron chi connectivity index (χ2n) is 2.97. The van der Waals surface area contributed by atoms with Crippen molar-refractivity contribution in [3.05, 3.63) is 23.2 Å². The fourth-order valence-corrected chi connectivity index (χ4v) is 1.11. The van der Waals surface area contributed by atoms with Gasteiger partial charge in [0.25, 0.3) is 6.43 Å². The number of methoxy groups -OCH3 is 1. The van der Waals surface area contributed by atoms with Gasteiger partial charge in [0.2, 0.25) is 0 Å². The first-order chi connectivity index (χ1) is 6.97. The molecule has 0 aliphatic rings. The lowest BCUT2D eigenvalue weighted by atomic mass is 10.2. The van der Waals surface area contributed by atoms with E-state index in [9.17, 15) is 13.6 Å². The van der Waals surface area contributed by atoms with E-state index >= 15 is 0 Å². The Morgan fingerprint density at radius 2 is 2.20 bits per heavy atom. The largest absolute Gasteiger partial charge is 0.465 e. The number of carbonyl (C=O) groups excluding carboxylic acids is 1. The first-order valence-electron chi connectivity index (χ1n) is 4.19. The summed E-state index contributed by atoms with van der Waals surface area (Å²) in [5.41, 5.74) is 5.28. The van der Waals surface area contributed by atoms with Crippen molar-refractivity contribution in [3.8, 4) is 0 Å². The van der Waals surface area contributed by atoms with Crippen molar-refractivity contribution in [2.45, 2.75) is 19.4 Å². The zero-order valence-corrected chi connectivity index (χ0v) is 8.29. The van der Waals surface area contributed by atoms with E-state index in [2.05, 4.69) is 4.74 Å². The van der Waals surface area contributed by atoms with E-state index in [1.165, 1.54) is 20.1 Å². The third kappa shape index (κ3) is 2.33. The summed E-state index contributed by atoms with van der Waals surface area (Å²) in [6, 6.07) is -0.347. The Bertz CT molecular complexity index is 362. The molecular weight excluding hydrogens is 208 g/mol. The lowest BCUT2D eigenvalue weighted by molar-refractivity contribution is 0.0598. The molecule has 1 aromatic rings. The van der Waals surface area contributed by atoms with Gasteiger partial charge in [-0.15, -0.1) is 0 Å². The summed E-state index contributed by atoms with van der Waals surface area (Å²) < 4.78 is 33.9. The molecule has 1 rings (SSSR count). The highest BCUT2D eigenvalue weighted by Crippen LogP contribution is 2.23. The monoisotopic (exact) mass is 219 g/mol. The van der Waals surface area contributed by atoms with Crippen molar-refractivity contribution in [2.75, 3.05) is 7.11 Å². The Kier molecular flexibility index (Phi) is 3.41. The van der Waals surface area contributed by atoms with Crippen molar-refractivity contribution in [1.29, 1.82) is 0 Å². The van der Waals surface area contributed by atoms with Gasteiger partial charge < -0.3 is 14.9 Å². The summed E-state index contributed by atoms with van der Waals surface area (Å²) in [7, 11) is 1.20. The van der Waals surface area contributed by atoms with E-state index in [4.69, 9.17) is 10.2 Å². The van der Waals surface area contributed by atoms with Crippen LogP contribution in [0.3, 0.4) is 0 Å². The predicted molar refractivity (Wildman–Crippen MR) is 47.7 cm³/mol. The van der Waals surface area contributed by atoms with Crippen LogP contribution in [0.1, 0.15) is 27.9 Å². The van der Waals surface area contributed by atoms with Gasteiger partial charge in [-0.2, -0.15) is 0 Å². The van der Waals surface area contributed by atoms with Gasteiger partial charge in [0.15, 0.2) is 0 Å². The zero-order valence-electron chi connectivity index (χ0n) is 8.29. The number of ether oxygens (including phenoxy) is 1. The van der Waals surface area contributed by atoms with E-state index in [-0.39, 0.29) is 17.1 Å². The SMILES string of the molecule is COC(=O)c1cc(C(N)C(F)F)oc1C. The second kappa shape index (κ2) is 4.39. The highest BCUT2D eigenvalue weighted by Gasteiger charge is 2.24. The number of furan rings is 1. The summed E-state index contributed by atoms with van der Waals surface area (Å²) in [6.45, 7) is 1.48. The van der Waals surface area contributed by atoms with Crippen LogP contribution in [0.2, 0.25) is 0 Å². The number of alkyl halides is 2. The Balaban J connectivity index is 3.00. The molecule has 0 aromatic carbocycles. The van der Waals surface area contributed by atoms with Crippen molar-refractivity contribution in [2.24, 2.45) is 5.73 Å². The van der Waals surface area contributed by atoms with Crippen LogP contribution in [-0.2, 0) is 4.74 Å². The summed E-state index contributed by atoms with van der Waals surface area (Å²) >= 11 is 0. The predicted octanol–water partition coefficient (Wildman–Crippen LogP) is 1.64. The molecule has 1 unspecified atom stereocenters. The molecular formula is C9H11F2NO3. The van der Waals surface area contributed by atoms with Gasteiger partial charge in [-0.05, 0) is 13.0 Å². The van der Waals surface area contributed by atoms with E-state index in [1.54, 1.807) is 0 Å². The maximum Gasteiger partial charge on any atom is 0.341 e. The van der Waals surface area contributed by atoms with Crippen LogP contribution >= 0.6 is 0 Å². The molecule has 0 amide bonds. The van der Waals surface area contributed by atoms with Crippen LogP contribution < -0.4 is 5.73 Å². The molecule has 0 fully saturated rings. The summed E-state index contributed by atoms with van der Waals surface area (Å²) in [5, 5.41) is 0. The highest BCUT2D eigenvalue weighted by atomic mass is 19.3. The number of hydrogen-bond donors (Lipinski definition) is 1. The van der Waals surface area contributed by atoms with Gasteiger partial charge in [0.05, 0.1) is 7.11 Å².